The number of carboxylic acid groups (broad SMARTS) is 1. The lowest BCUT2D eigenvalue weighted by Gasteiger charge is -2.04. The van der Waals surface area contributed by atoms with Gasteiger partial charge in [-0.25, -0.2) is 9.59 Å². The van der Waals surface area contributed by atoms with Crippen molar-refractivity contribution >= 4 is 11.9 Å². The third-order valence-electron chi connectivity index (χ3n) is 2.99. The standard InChI is InChI=1S/C11H14O3.C7H6O3/c1-2-3-8-14-11(13)9-6-4-5-7-10(9)12;8-6-4-2-1-3-5(6)7(9)10/h4-7,12H,2-3,8H2,1H3;1-4,8H,(H,9,10). The zero-order chi connectivity index (χ0) is 17.9. The van der Waals surface area contributed by atoms with Crippen molar-refractivity contribution in [3.8, 4) is 11.5 Å². The lowest BCUT2D eigenvalue weighted by atomic mass is 10.2. The van der Waals surface area contributed by atoms with Crippen molar-refractivity contribution in [2.24, 2.45) is 0 Å². The van der Waals surface area contributed by atoms with Gasteiger partial charge in [-0.1, -0.05) is 37.6 Å². The molecule has 0 atom stereocenters. The Labute approximate surface area is 140 Å². The first-order valence-corrected chi connectivity index (χ1v) is 7.43. The summed E-state index contributed by atoms with van der Waals surface area (Å²) < 4.78 is 4.95. The van der Waals surface area contributed by atoms with Gasteiger partial charge in [0.25, 0.3) is 0 Å². The van der Waals surface area contributed by atoms with Crippen LogP contribution in [-0.4, -0.2) is 33.9 Å². The fourth-order valence-corrected chi connectivity index (χ4v) is 1.69. The number of ether oxygens (including phenoxy) is 1. The lowest BCUT2D eigenvalue weighted by Crippen LogP contribution is -2.06. The number of carboxylic acids is 1. The van der Waals surface area contributed by atoms with Gasteiger partial charge in [-0.2, -0.15) is 0 Å². The summed E-state index contributed by atoms with van der Waals surface area (Å²) in [4.78, 5) is 21.6. The molecule has 0 aliphatic rings. The summed E-state index contributed by atoms with van der Waals surface area (Å²) in [5.74, 6) is -1.81. The van der Waals surface area contributed by atoms with Gasteiger partial charge >= 0.3 is 11.9 Å². The highest BCUT2D eigenvalue weighted by Crippen LogP contribution is 2.16. The molecular weight excluding hydrogens is 312 g/mol. The second-order valence-corrected chi connectivity index (χ2v) is 4.83. The van der Waals surface area contributed by atoms with Crippen molar-refractivity contribution in [1.29, 1.82) is 0 Å². The molecular formula is C18H20O6. The molecule has 6 nitrogen and oxygen atoms in total. The van der Waals surface area contributed by atoms with Gasteiger partial charge in [0.2, 0.25) is 0 Å². The fraction of sp³-hybridized carbons (Fsp3) is 0.222. The summed E-state index contributed by atoms with van der Waals surface area (Å²) in [5, 5.41) is 26.6. The first-order valence-electron chi connectivity index (χ1n) is 7.43. The Morgan fingerprint density at radius 3 is 1.83 bits per heavy atom. The van der Waals surface area contributed by atoms with E-state index >= 15 is 0 Å². The minimum atomic E-state index is -1.11. The molecule has 6 heteroatoms. The topological polar surface area (TPSA) is 104 Å². The van der Waals surface area contributed by atoms with E-state index in [4.69, 9.17) is 14.9 Å². The first-order chi connectivity index (χ1) is 11.5. The van der Waals surface area contributed by atoms with Crippen LogP contribution in [0.5, 0.6) is 11.5 Å². The van der Waals surface area contributed by atoms with Gasteiger partial charge in [0.15, 0.2) is 0 Å². The molecule has 0 saturated heterocycles. The SMILES string of the molecule is CCCCOC(=O)c1ccccc1O.O=C(O)c1ccccc1O. The molecule has 2 aromatic carbocycles. The molecule has 24 heavy (non-hydrogen) atoms. The van der Waals surface area contributed by atoms with Crippen LogP contribution in [-0.2, 0) is 4.74 Å². The third kappa shape index (κ3) is 6.00. The number of aromatic hydroxyl groups is 2. The van der Waals surface area contributed by atoms with Gasteiger partial charge < -0.3 is 20.1 Å². The number of para-hydroxylation sites is 2. The monoisotopic (exact) mass is 332 g/mol. The van der Waals surface area contributed by atoms with Crippen LogP contribution < -0.4 is 0 Å². The predicted octanol–water partition coefficient (Wildman–Crippen LogP) is 3.44. The van der Waals surface area contributed by atoms with E-state index in [1.807, 2.05) is 6.92 Å². The average Bonchev–Trinajstić information content (AvgIpc) is 2.56. The molecule has 0 heterocycles. The van der Waals surface area contributed by atoms with Crippen LogP contribution in [0.1, 0.15) is 40.5 Å². The van der Waals surface area contributed by atoms with Crippen LogP contribution in [0.3, 0.4) is 0 Å². The number of benzene rings is 2. The first kappa shape index (κ1) is 19.0. The smallest absolute Gasteiger partial charge is 0.341 e. The van der Waals surface area contributed by atoms with Crippen LogP contribution in [0.2, 0.25) is 0 Å². The molecule has 0 spiro atoms. The molecule has 0 unspecified atom stereocenters. The number of phenolic OH excluding ortho intramolecular Hbond substituents is 1. The number of carbonyl (C=O) groups is 2. The van der Waals surface area contributed by atoms with Gasteiger partial charge in [0, 0.05) is 0 Å². The van der Waals surface area contributed by atoms with E-state index < -0.39 is 11.9 Å². The van der Waals surface area contributed by atoms with Crippen molar-refractivity contribution in [3.63, 3.8) is 0 Å². The summed E-state index contributed by atoms with van der Waals surface area (Å²) in [5.41, 5.74) is 0.158. The Hall–Kier alpha value is -3.02. The molecule has 128 valence electrons. The average molecular weight is 332 g/mol. The summed E-state index contributed by atoms with van der Waals surface area (Å²) in [7, 11) is 0. The van der Waals surface area contributed by atoms with Crippen LogP contribution in [0, 0.1) is 0 Å². The molecule has 2 rings (SSSR count). The molecule has 0 amide bonds. The van der Waals surface area contributed by atoms with Crippen LogP contribution in [0.4, 0.5) is 0 Å². The largest absolute Gasteiger partial charge is 0.507 e. The number of esters is 1. The summed E-state index contributed by atoms with van der Waals surface area (Å²) in [6, 6.07) is 12.2. The quantitative estimate of drug-likeness (QED) is 0.572. The van der Waals surface area contributed by atoms with Crippen LogP contribution in [0.25, 0.3) is 0 Å². The summed E-state index contributed by atoms with van der Waals surface area (Å²) in [6.45, 7) is 2.43. The molecule has 0 fully saturated rings. The highest BCUT2D eigenvalue weighted by atomic mass is 16.5. The Kier molecular flexibility index (Phi) is 7.84. The zero-order valence-electron chi connectivity index (χ0n) is 13.3. The normalized spacial score (nSPS) is 9.54. The van der Waals surface area contributed by atoms with Crippen molar-refractivity contribution < 1.29 is 29.6 Å². The summed E-state index contributed by atoms with van der Waals surface area (Å²) in [6.07, 6.45) is 1.83. The molecule has 0 saturated carbocycles. The lowest BCUT2D eigenvalue weighted by molar-refractivity contribution is 0.0496. The molecule has 0 aliphatic carbocycles. The molecule has 0 aliphatic heterocycles. The van der Waals surface area contributed by atoms with Gasteiger partial charge in [-0.3, -0.25) is 0 Å². The maximum atomic E-state index is 11.4. The number of phenols is 2. The van der Waals surface area contributed by atoms with Crippen molar-refractivity contribution in [2.75, 3.05) is 6.61 Å². The minimum Gasteiger partial charge on any atom is -0.507 e. The van der Waals surface area contributed by atoms with Gasteiger partial charge in [0.1, 0.15) is 22.6 Å². The Bertz CT molecular complexity index is 681. The van der Waals surface area contributed by atoms with Crippen LogP contribution in [0.15, 0.2) is 48.5 Å². The highest BCUT2D eigenvalue weighted by molar-refractivity contribution is 5.92. The van der Waals surface area contributed by atoms with E-state index in [0.717, 1.165) is 12.8 Å². The highest BCUT2D eigenvalue weighted by Gasteiger charge is 2.10. The predicted molar refractivity (Wildman–Crippen MR) is 88.4 cm³/mol. The van der Waals surface area contributed by atoms with E-state index in [9.17, 15) is 14.7 Å². The van der Waals surface area contributed by atoms with E-state index in [-0.39, 0.29) is 22.6 Å². The molecule has 0 aromatic heterocycles. The maximum Gasteiger partial charge on any atom is 0.341 e. The zero-order valence-corrected chi connectivity index (χ0v) is 13.3. The molecule has 2 aromatic rings. The number of unbranched alkanes of at least 4 members (excludes halogenated alkanes) is 1. The van der Waals surface area contributed by atoms with Gasteiger partial charge in [0.05, 0.1) is 6.61 Å². The molecule has 3 N–H and O–H groups in total. The Morgan fingerprint density at radius 2 is 1.42 bits per heavy atom. The molecule has 0 bridgehead atoms. The number of hydrogen-bond acceptors (Lipinski definition) is 5. The van der Waals surface area contributed by atoms with E-state index in [2.05, 4.69) is 0 Å². The van der Waals surface area contributed by atoms with Crippen molar-refractivity contribution in [3.05, 3.63) is 59.7 Å². The third-order valence-corrected chi connectivity index (χ3v) is 2.99. The Balaban J connectivity index is 0.000000254. The van der Waals surface area contributed by atoms with Crippen molar-refractivity contribution in [1.82, 2.24) is 0 Å². The number of rotatable bonds is 5. The second-order valence-electron chi connectivity index (χ2n) is 4.83. The Morgan fingerprint density at radius 1 is 0.917 bits per heavy atom. The van der Waals surface area contributed by atoms with Crippen LogP contribution >= 0.6 is 0 Å². The van der Waals surface area contributed by atoms with Gasteiger partial charge in [-0.15, -0.1) is 0 Å². The molecule has 0 radical (unpaired) electrons. The fourth-order valence-electron chi connectivity index (χ4n) is 1.69. The number of carbonyl (C=O) groups excluding carboxylic acids is 1. The van der Waals surface area contributed by atoms with E-state index in [1.54, 1.807) is 30.3 Å². The number of hydrogen-bond donors (Lipinski definition) is 3. The van der Waals surface area contributed by atoms with Crippen molar-refractivity contribution in [2.45, 2.75) is 19.8 Å². The minimum absolute atomic E-state index is 0.0333. The summed E-state index contributed by atoms with van der Waals surface area (Å²) >= 11 is 0. The van der Waals surface area contributed by atoms with Gasteiger partial charge in [-0.05, 0) is 30.7 Å². The second kappa shape index (κ2) is 9.89. The maximum absolute atomic E-state index is 11.4. The van der Waals surface area contributed by atoms with E-state index in [0.29, 0.717) is 6.61 Å². The van der Waals surface area contributed by atoms with E-state index in [1.165, 1.54) is 18.2 Å². The number of aromatic carboxylic acids is 1.